The number of quaternary nitrogens is 1. The molecule has 0 aliphatic carbocycles. The van der Waals surface area contributed by atoms with Crippen LogP contribution in [0.15, 0.2) is 97.2 Å². The highest BCUT2D eigenvalue weighted by Crippen LogP contribution is 2.38. The number of carbonyl (C=O) groups excluding carboxylic acids is 2. The molecule has 468 valence electrons. The molecule has 0 fully saturated rings. The third-order valence-electron chi connectivity index (χ3n) is 14.5. The quantitative estimate of drug-likeness (QED) is 0.0212. The number of nitrogens with one attached hydrogen (secondary N) is 1. The lowest BCUT2D eigenvalue weighted by molar-refractivity contribution is -0.870. The van der Waals surface area contributed by atoms with Crippen molar-refractivity contribution in [2.45, 2.75) is 303 Å². The molecule has 0 radical (unpaired) electrons. The molecular weight excluding hydrogens is 1020 g/mol. The van der Waals surface area contributed by atoms with E-state index in [0.717, 1.165) is 116 Å². The average Bonchev–Trinajstić information content (AvgIpc) is 3.44. The Bertz CT molecular complexity index is 1710. The predicted octanol–water partition coefficient (Wildman–Crippen LogP) is 20.5. The molecule has 0 aliphatic heterocycles. The fourth-order valence-corrected chi connectivity index (χ4v) is 10.1. The number of unbranched alkanes of at least 4 members (excludes halogenated alkanes) is 30. The molecule has 10 heteroatoms. The summed E-state index contributed by atoms with van der Waals surface area (Å²) in [5.74, 6) is -0.557. The van der Waals surface area contributed by atoms with Gasteiger partial charge in [-0.3, -0.25) is 14.2 Å². The largest absolute Gasteiger partial charge is 0.756 e. The smallest absolute Gasteiger partial charge is 0.306 e. The Hall–Kier alpha value is -3.07. The van der Waals surface area contributed by atoms with Gasteiger partial charge >= 0.3 is 5.97 Å². The number of likely N-dealkylation sites (N-methyl/N-ethyl adjacent to an activating group) is 1. The van der Waals surface area contributed by atoms with E-state index in [2.05, 4.69) is 111 Å². The van der Waals surface area contributed by atoms with E-state index in [1.165, 1.54) is 135 Å². The molecule has 3 unspecified atom stereocenters. The van der Waals surface area contributed by atoms with Crippen LogP contribution in [-0.2, 0) is 27.9 Å². The first kappa shape index (κ1) is 77.9. The number of ether oxygens (including phenoxy) is 1. The van der Waals surface area contributed by atoms with Gasteiger partial charge in [0.2, 0.25) is 5.91 Å². The molecule has 1 N–H and O–H groups in total. The summed E-state index contributed by atoms with van der Waals surface area (Å²) < 4.78 is 30.4. The van der Waals surface area contributed by atoms with Crippen LogP contribution in [0.25, 0.3) is 0 Å². The average molecular weight is 1150 g/mol. The number of amides is 1. The molecule has 9 nitrogen and oxygen atoms in total. The molecule has 0 heterocycles. The molecule has 0 aliphatic rings. The summed E-state index contributed by atoms with van der Waals surface area (Å²) in [6, 6.07) is -0.901. The van der Waals surface area contributed by atoms with Crippen LogP contribution in [0.4, 0.5) is 0 Å². The first-order valence-corrected chi connectivity index (χ1v) is 35.0. The highest BCUT2D eigenvalue weighted by Gasteiger charge is 2.27. The molecule has 0 aromatic rings. The van der Waals surface area contributed by atoms with Crippen molar-refractivity contribution in [2.24, 2.45) is 0 Å². The molecule has 0 aromatic heterocycles. The summed E-state index contributed by atoms with van der Waals surface area (Å²) in [4.78, 5) is 40.1. The van der Waals surface area contributed by atoms with Crippen molar-refractivity contribution in [1.29, 1.82) is 0 Å². The van der Waals surface area contributed by atoms with Crippen molar-refractivity contribution in [3.8, 4) is 0 Å². The molecule has 81 heavy (non-hydrogen) atoms. The molecule has 0 saturated heterocycles. The van der Waals surface area contributed by atoms with Crippen LogP contribution in [0.1, 0.15) is 290 Å². The number of nitrogens with zero attached hydrogens (tertiary/aromatic N) is 1. The number of carbonyl (C=O) groups is 2. The van der Waals surface area contributed by atoms with Gasteiger partial charge in [0.05, 0.1) is 33.8 Å². The minimum Gasteiger partial charge on any atom is -0.756 e. The van der Waals surface area contributed by atoms with Gasteiger partial charge in [-0.2, -0.15) is 0 Å². The van der Waals surface area contributed by atoms with Crippen molar-refractivity contribution in [2.75, 3.05) is 40.9 Å². The highest BCUT2D eigenvalue weighted by atomic mass is 31.2. The lowest BCUT2D eigenvalue weighted by Gasteiger charge is -2.30. The van der Waals surface area contributed by atoms with Gasteiger partial charge in [0.15, 0.2) is 0 Å². The maximum atomic E-state index is 13.6. The second-order valence-corrected chi connectivity index (χ2v) is 25.0. The van der Waals surface area contributed by atoms with Crippen LogP contribution >= 0.6 is 7.82 Å². The Kier molecular flexibility index (Phi) is 57.8. The molecule has 0 bridgehead atoms. The topological polar surface area (TPSA) is 114 Å². The van der Waals surface area contributed by atoms with Crippen molar-refractivity contribution >= 4 is 19.7 Å². The van der Waals surface area contributed by atoms with Crippen LogP contribution in [0, 0.1) is 0 Å². The Morgan fingerprint density at radius 3 is 1.21 bits per heavy atom. The fraction of sp³-hybridized carbons (Fsp3) is 0.746. The lowest BCUT2D eigenvalue weighted by Crippen LogP contribution is -2.47. The first-order chi connectivity index (χ1) is 39.4. The van der Waals surface area contributed by atoms with Crippen LogP contribution < -0.4 is 10.2 Å². The number of hydrogen-bond donors (Lipinski definition) is 1. The van der Waals surface area contributed by atoms with Crippen LogP contribution in [0.3, 0.4) is 0 Å². The van der Waals surface area contributed by atoms with E-state index < -0.39 is 26.6 Å². The van der Waals surface area contributed by atoms with Crippen molar-refractivity contribution in [3.63, 3.8) is 0 Å². The first-order valence-electron chi connectivity index (χ1n) is 33.5. The normalized spacial score (nSPS) is 14.2. The number of allylic oxidation sites excluding steroid dienone is 15. The number of hydrogen-bond acceptors (Lipinski definition) is 7. The monoisotopic (exact) mass is 1150 g/mol. The van der Waals surface area contributed by atoms with Gasteiger partial charge < -0.3 is 28.5 Å². The summed E-state index contributed by atoms with van der Waals surface area (Å²) in [6.45, 7) is 6.71. The number of phosphoric ester groups is 1. The summed E-state index contributed by atoms with van der Waals surface area (Å²) in [7, 11) is 1.17. The minimum atomic E-state index is -4.71. The van der Waals surface area contributed by atoms with E-state index in [1.807, 2.05) is 33.3 Å². The number of esters is 1. The van der Waals surface area contributed by atoms with Gasteiger partial charge in [0.25, 0.3) is 7.82 Å². The number of phosphoric acid groups is 1. The maximum absolute atomic E-state index is 13.6. The Morgan fingerprint density at radius 1 is 0.444 bits per heavy atom. The standard InChI is InChI=1S/C71H127N2O7P/c1-7-10-13-16-19-22-25-28-30-32-34-35-36-37-39-41-43-46-49-52-55-58-61-64-71(75)80-69(62-59-56-53-50-47-44-27-24-21-18-15-12-9-3)68(67-79-81(76,77)78-66-65-73(4,5)6)72-70(74)63-60-57-54-51-48-45-42-40-38-33-31-29-26-23-20-17-14-11-8-2/h10,13,19-20,22-23,28-31,34-35,37,39,59,62,68-69H,7-9,11-12,14-18,21,24-27,32-33,36,38,40-58,60-61,63-67H2,1-6H3,(H-,72,74,76,77)/b13-10-,22-19-,23-20-,30-28-,31-29-,35-34-,39-37-,62-59+. The second-order valence-electron chi connectivity index (χ2n) is 23.6. The Morgan fingerprint density at radius 2 is 0.790 bits per heavy atom. The van der Waals surface area contributed by atoms with Gasteiger partial charge in [-0.05, 0) is 109 Å². The molecule has 0 rings (SSSR count). The Balaban J connectivity index is 5.23. The van der Waals surface area contributed by atoms with E-state index in [1.54, 1.807) is 0 Å². The van der Waals surface area contributed by atoms with Crippen molar-refractivity contribution in [1.82, 2.24) is 5.32 Å². The van der Waals surface area contributed by atoms with Crippen molar-refractivity contribution in [3.05, 3.63) is 97.2 Å². The van der Waals surface area contributed by atoms with Gasteiger partial charge in [-0.25, -0.2) is 0 Å². The van der Waals surface area contributed by atoms with Gasteiger partial charge in [0, 0.05) is 12.8 Å². The summed E-state index contributed by atoms with van der Waals surface area (Å²) in [5, 5.41) is 3.03. The molecule has 0 aromatic carbocycles. The number of rotatable bonds is 60. The lowest BCUT2D eigenvalue weighted by atomic mass is 10.0. The van der Waals surface area contributed by atoms with Crippen molar-refractivity contribution < 1.29 is 37.3 Å². The van der Waals surface area contributed by atoms with Crippen LogP contribution in [-0.4, -0.2) is 69.4 Å². The van der Waals surface area contributed by atoms with E-state index in [9.17, 15) is 19.0 Å². The Labute approximate surface area is 500 Å². The zero-order chi connectivity index (χ0) is 59.3. The molecule has 0 saturated carbocycles. The van der Waals surface area contributed by atoms with E-state index in [-0.39, 0.29) is 24.9 Å². The molecular formula is C71H127N2O7P. The van der Waals surface area contributed by atoms with Crippen LogP contribution in [0.2, 0.25) is 0 Å². The molecule has 0 spiro atoms. The molecule has 1 amide bonds. The van der Waals surface area contributed by atoms with E-state index in [0.29, 0.717) is 23.9 Å². The molecule has 3 atom stereocenters. The van der Waals surface area contributed by atoms with Gasteiger partial charge in [-0.15, -0.1) is 0 Å². The highest BCUT2D eigenvalue weighted by molar-refractivity contribution is 7.45. The van der Waals surface area contributed by atoms with Gasteiger partial charge in [-0.1, -0.05) is 266 Å². The van der Waals surface area contributed by atoms with Gasteiger partial charge in [0.1, 0.15) is 19.3 Å². The summed E-state index contributed by atoms with van der Waals surface area (Å²) >= 11 is 0. The zero-order valence-corrected chi connectivity index (χ0v) is 54.4. The SMILES string of the molecule is CC/C=C\C/C=C\C/C=C\C/C=C\C/C=C\CCCCCCCCCC(=O)OC(/C=C/CCCCCCCCCCCCC)C(COP(=O)([O-])OCC[N+](C)(C)C)NC(=O)CCCCCCCCCCC/C=C\C/C=C\CCCCC. The predicted molar refractivity (Wildman–Crippen MR) is 348 cm³/mol. The zero-order valence-electron chi connectivity index (χ0n) is 53.5. The third kappa shape index (κ3) is 61.3. The summed E-state index contributed by atoms with van der Waals surface area (Å²) in [5.41, 5.74) is 0. The maximum Gasteiger partial charge on any atom is 0.306 e. The summed E-state index contributed by atoms with van der Waals surface area (Å²) in [6.07, 6.45) is 80.8. The fourth-order valence-electron chi connectivity index (χ4n) is 9.34. The van der Waals surface area contributed by atoms with Crippen LogP contribution in [0.5, 0.6) is 0 Å². The third-order valence-corrected chi connectivity index (χ3v) is 15.5. The second kappa shape index (κ2) is 60.1. The van der Waals surface area contributed by atoms with E-state index >= 15 is 0 Å². The van der Waals surface area contributed by atoms with E-state index in [4.69, 9.17) is 13.8 Å². The minimum absolute atomic E-state index is 0.0289.